The highest BCUT2D eigenvalue weighted by atomic mass is 32.1. The molecule has 0 saturated heterocycles. The van der Waals surface area contributed by atoms with Crippen LogP contribution in [0.3, 0.4) is 0 Å². The van der Waals surface area contributed by atoms with Gasteiger partial charge in [-0.2, -0.15) is 0 Å². The number of hydrogen-bond donors (Lipinski definition) is 2. The Morgan fingerprint density at radius 3 is 2.68 bits per heavy atom. The highest BCUT2D eigenvalue weighted by Gasteiger charge is 2.16. The van der Waals surface area contributed by atoms with E-state index >= 15 is 0 Å². The molecule has 0 aliphatic carbocycles. The lowest BCUT2D eigenvalue weighted by Crippen LogP contribution is -2.28. The monoisotopic (exact) mass is 334 g/mol. The van der Waals surface area contributed by atoms with Gasteiger partial charge in [0.25, 0.3) is 0 Å². The van der Waals surface area contributed by atoms with E-state index in [1.54, 1.807) is 0 Å². The second-order valence-electron chi connectivity index (χ2n) is 4.59. The Balaban J connectivity index is 2.01. The first-order valence-electron chi connectivity index (χ1n) is 6.93. The predicted molar refractivity (Wildman–Crippen MR) is 94.5 cm³/mol. The summed E-state index contributed by atoms with van der Waals surface area (Å²) in [5, 5.41) is 7.42. The molecule has 0 unspecified atom stereocenters. The van der Waals surface area contributed by atoms with Crippen molar-refractivity contribution in [3.63, 3.8) is 0 Å². The molecule has 6 heteroatoms. The smallest absolute Gasteiger partial charge is 0.340 e. The summed E-state index contributed by atoms with van der Waals surface area (Å²) in [6.07, 6.45) is 0.862. The van der Waals surface area contributed by atoms with Crippen LogP contribution in [0.25, 0.3) is 0 Å². The third-order valence-electron chi connectivity index (χ3n) is 3.06. The van der Waals surface area contributed by atoms with Crippen LogP contribution >= 0.6 is 23.6 Å². The van der Waals surface area contributed by atoms with Crippen LogP contribution in [-0.2, 0) is 17.7 Å². The van der Waals surface area contributed by atoms with E-state index in [9.17, 15) is 4.79 Å². The number of rotatable bonds is 5. The normalized spacial score (nSPS) is 10.1. The van der Waals surface area contributed by atoms with Gasteiger partial charge in [0.1, 0.15) is 5.00 Å². The number of esters is 1. The van der Waals surface area contributed by atoms with Gasteiger partial charge in [-0.3, -0.25) is 0 Å². The maximum atomic E-state index is 11.8. The first-order valence-corrected chi connectivity index (χ1v) is 8.16. The van der Waals surface area contributed by atoms with Crippen LogP contribution in [0.1, 0.15) is 27.7 Å². The third-order valence-corrected chi connectivity index (χ3v) is 4.50. The molecule has 0 fully saturated rings. The molecule has 2 aromatic rings. The van der Waals surface area contributed by atoms with Crippen molar-refractivity contribution in [1.29, 1.82) is 0 Å². The molecule has 0 saturated carbocycles. The molecule has 0 bridgehead atoms. The van der Waals surface area contributed by atoms with Gasteiger partial charge in [-0.15, -0.1) is 11.3 Å². The molecule has 0 spiro atoms. The summed E-state index contributed by atoms with van der Waals surface area (Å²) in [7, 11) is 1.38. The van der Waals surface area contributed by atoms with Crippen molar-refractivity contribution >= 4 is 39.6 Å². The molecule has 116 valence electrons. The predicted octanol–water partition coefficient (Wildman–Crippen LogP) is 3.58. The second kappa shape index (κ2) is 7.91. The van der Waals surface area contributed by atoms with Crippen molar-refractivity contribution in [3.8, 4) is 0 Å². The molecular formula is C16H18N2O2S2. The largest absolute Gasteiger partial charge is 0.465 e. The van der Waals surface area contributed by atoms with Gasteiger partial charge in [0.2, 0.25) is 0 Å². The Labute approximate surface area is 139 Å². The van der Waals surface area contributed by atoms with Crippen molar-refractivity contribution in [2.75, 3.05) is 12.4 Å². The molecule has 0 amide bonds. The number of thiophene rings is 1. The molecule has 1 heterocycles. The van der Waals surface area contributed by atoms with Gasteiger partial charge < -0.3 is 15.4 Å². The number of methoxy groups -OCH3 is 1. The molecule has 0 aliphatic rings. The molecule has 1 aromatic heterocycles. The van der Waals surface area contributed by atoms with Gasteiger partial charge in [-0.05, 0) is 30.3 Å². The van der Waals surface area contributed by atoms with Crippen LogP contribution in [0.5, 0.6) is 0 Å². The van der Waals surface area contributed by atoms with Gasteiger partial charge in [0, 0.05) is 11.4 Å². The SMILES string of the molecule is CCc1cc(C(=O)OC)c(NC(=S)NCc2ccccc2)s1. The van der Waals surface area contributed by atoms with Gasteiger partial charge in [0.05, 0.1) is 12.7 Å². The first kappa shape index (κ1) is 16.5. The Morgan fingerprint density at radius 2 is 2.05 bits per heavy atom. The Hall–Kier alpha value is -1.92. The maximum Gasteiger partial charge on any atom is 0.340 e. The van der Waals surface area contributed by atoms with E-state index in [-0.39, 0.29) is 5.97 Å². The fraction of sp³-hybridized carbons (Fsp3) is 0.250. The quantitative estimate of drug-likeness (QED) is 0.646. The average molecular weight is 334 g/mol. The molecule has 22 heavy (non-hydrogen) atoms. The molecule has 0 atom stereocenters. The average Bonchev–Trinajstić information content (AvgIpc) is 2.96. The standard InChI is InChI=1S/C16H18N2O2S2/c1-3-12-9-13(15(19)20-2)14(22-12)18-16(21)17-10-11-7-5-4-6-8-11/h4-9H,3,10H2,1-2H3,(H2,17,18,21). The second-order valence-corrected chi connectivity index (χ2v) is 6.14. The van der Waals surface area contributed by atoms with Crippen molar-refractivity contribution in [2.24, 2.45) is 0 Å². The first-order chi connectivity index (χ1) is 10.6. The minimum Gasteiger partial charge on any atom is -0.465 e. The zero-order valence-electron chi connectivity index (χ0n) is 12.5. The number of ether oxygens (including phenoxy) is 1. The van der Waals surface area contributed by atoms with E-state index in [1.165, 1.54) is 18.4 Å². The Morgan fingerprint density at radius 1 is 1.32 bits per heavy atom. The highest BCUT2D eigenvalue weighted by molar-refractivity contribution is 7.80. The zero-order valence-corrected chi connectivity index (χ0v) is 14.1. The van der Waals surface area contributed by atoms with Gasteiger partial charge in [0.15, 0.2) is 5.11 Å². The Bertz CT molecular complexity index is 653. The van der Waals surface area contributed by atoms with Crippen molar-refractivity contribution in [2.45, 2.75) is 19.9 Å². The topological polar surface area (TPSA) is 50.4 Å². The van der Waals surface area contributed by atoms with Crippen LogP contribution in [0.4, 0.5) is 5.00 Å². The highest BCUT2D eigenvalue weighted by Crippen LogP contribution is 2.29. The fourth-order valence-electron chi connectivity index (χ4n) is 1.90. The minimum absolute atomic E-state index is 0.357. The number of aryl methyl sites for hydroxylation is 1. The number of anilines is 1. The van der Waals surface area contributed by atoms with E-state index in [1.807, 2.05) is 43.3 Å². The third kappa shape index (κ3) is 4.29. The minimum atomic E-state index is -0.357. The molecule has 2 rings (SSSR count). The number of thiocarbonyl (C=S) groups is 1. The molecule has 2 N–H and O–H groups in total. The fourth-order valence-corrected chi connectivity index (χ4v) is 3.12. The van der Waals surface area contributed by atoms with E-state index in [4.69, 9.17) is 17.0 Å². The lowest BCUT2D eigenvalue weighted by Gasteiger charge is -2.10. The van der Waals surface area contributed by atoms with Gasteiger partial charge >= 0.3 is 5.97 Å². The lowest BCUT2D eigenvalue weighted by molar-refractivity contribution is 0.0602. The van der Waals surface area contributed by atoms with Crippen LogP contribution in [0.15, 0.2) is 36.4 Å². The van der Waals surface area contributed by atoms with Crippen molar-refractivity contribution in [3.05, 3.63) is 52.4 Å². The van der Waals surface area contributed by atoms with Crippen LogP contribution in [-0.4, -0.2) is 18.2 Å². The summed E-state index contributed by atoms with van der Waals surface area (Å²) in [4.78, 5) is 12.9. The summed E-state index contributed by atoms with van der Waals surface area (Å²) in [5.41, 5.74) is 1.66. The van der Waals surface area contributed by atoms with Crippen LogP contribution < -0.4 is 10.6 Å². The number of benzene rings is 1. The number of nitrogens with one attached hydrogen (secondary N) is 2. The van der Waals surface area contributed by atoms with Crippen molar-refractivity contribution in [1.82, 2.24) is 5.32 Å². The maximum absolute atomic E-state index is 11.8. The summed E-state index contributed by atoms with van der Waals surface area (Å²) >= 11 is 6.81. The molecule has 0 aliphatic heterocycles. The van der Waals surface area contributed by atoms with Crippen molar-refractivity contribution < 1.29 is 9.53 Å². The summed E-state index contributed by atoms with van der Waals surface area (Å²) < 4.78 is 4.81. The zero-order chi connectivity index (χ0) is 15.9. The molecular weight excluding hydrogens is 316 g/mol. The van der Waals surface area contributed by atoms with E-state index < -0.39 is 0 Å². The van der Waals surface area contributed by atoms with E-state index in [0.717, 1.165) is 16.9 Å². The number of carbonyl (C=O) groups excluding carboxylic acids is 1. The molecule has 1 aromatic carbocycles. The van der Waals surface area contributed by atoms with Crippen LogP contribution in [0.2, 0.25) is 0 Å². The number of carbonyl (C=O) groups is 1. The van der Waals surface area contributed by atoms with Gasteiger partial charge in [-0.1, -0.05) is 37.3 Å². The van der Waals surface area contributed by atoms with E-state index in [0.29, 0.717) is 22.2 Å². The molecule has 0 radical (unpaired) electrons. The molecule has 4 nitrogen and oxygen atoms in total. The summed E-state index contributed by atoms with van der Waals surface area (Å²) in [6.45, 7) is 2.68. The van der Waals surface area contributed by atoms with E-state index in [2.05, 4.69) is 10.6 Å². The summed E-state index contributed by atoms with van der Waals surface area (Å²) in [5.74, 6) is -0.357. The Kier molecular flexibility index (Phi) is 5.91. The lowest BCUT2D eigenvalue weighted by atomic mass is 10.2. The van der Waals surface area contributed by atoms with Gasteiger partial charge in [-0.25, -0.2) is 4.79 Å². The van der Waals surface area contributed by atoms with Crippen LogP contribution in [0, 0.1) is 0 Å². The number of hydrogen-bond acceptors (Lipinski definition) is 4. The summed E-state index contributed by atoms with van der Waals surface area (Å²) in [6, 6.07) is 11.8.